The lowest BCUT2D eigenvalue weighted by Gasteiger charge is -2.28. The van der Waals surface area contributed by atoms with Gasteiger partial charge in [0.25, 0.3) is 0 Å². The zero-order valence-corrected chi connectivity index (χ0v) is 17.4. The largest absolute Gasteiger partial charge is 0.359 e. The lowest BCUT2D eigenvalue weighted by atomic mass is 9.96. The van der Waals surface area contributed by atoms with E-state index in [0.717, 1.165) is 42.4 Å². The van der Waals surface area contributed by atoms with E-state index in [4.69, 9.17) is 0 Å². The Morgan fingerprint density at radius 3 is 2.33 bits per heavy atom. The molecule has 0 fully saturated rings. The topological polar surface area (TPSA) is 57.6 Å². The minimum absolute atomic E-state index is 0.219. The Morgan fingerprint density at radius 1 is 1.04 bits per heavy atom. The first-order valence-electron chi connectivity index (χ1n) is 9.74. The second-order valence-corrected chi connectivity index (χ2v) is 8.50. The number of anilines is 1. The summed E-state index contributed by atoms with van der Waals surface area (Å²) in [6.07, 6.45) is 4.60. The summed E-state index contributed by atoms with van der Waals surface area (Å²) in [7, 11) is -4.35. The van der Waals surface area contributed by atoms with Gasteiger partial charge in [-0.25, -0.2) is 4.31 Å². The highest BCUT2D eigenvalue weighted by Gasteiger charge is 2.25. The number of hydrogen-bond acceptors (Lipinski definition) is 2. The van der Waals surface area contributed by atoms with E-state index >= 15 is 0 Å². The van der Waals surface area contributed by atoms with Gasteiger partial charge in [-0.3, -0.25) is 4.55 Å². The molecule has 0 aromatic heterocycles. The lowest BCUT2D eigenvalue weighted by Crippen LogP contribution is -2.35. The van der Waals surface area contributed by atoms with Crippen molar-refractivity contribution in [1.29, 1.82) is 0 Å². The predicted octanol–water partition coefficient (Wildman–Crippen LogP) is 5.41. The molecule has 2 rings (SSSR count). The molecule has 5 heteroatoms. The van der Waals surface area contributed by atoms with E-state index in [1.165, 1.54) is 4.31 Å². The molecule has 0 spiro atoms. The first-order valence-corrected chi connectivity index (χ1v) is 11.1. The third-order valence-electron chi connectivity index (χ3n) is 5.12. The number of rotatable bonds is 10. The van der Waals surface area contributed by atoms with Gasteiger partial charge in [0.1, 0.15) is 0 Å². The first-order chi connectivity index (χ1) is 12.9. The highest BCUT2D eigenvalue weighted by molar-refractivity contribution is 7.87. The maximum Gasteiger partial charge on any atom is 0.359 e. The normalized spacial score (nSPS) is 12.7. The van der Waals surface area contributed by atoms with Crippen molar-refractivity contribution in [2.75, 3.05) is 10.8 Å². The summed E-state index contributed by atoms with van der Waals surface area (Å²) in [6, 6.07) is 15.6. The SMILES string of the molecule is CCCCC(CC)CN(c1cccc(C)c1Cc1ccccc1)S(=O)(=O)O. The summed E-state index contributed by atoms with van der Waals surface area (Å²) in [6.45, 7) is 6.49. The standard InChI is InChI=1S/C22H31NO3S/c1-4-6-12-19(5-2)17-23(27(24,25)26)22-15-10-11-18(3)21(22)16-20-13-8-7-9-14-20/h7-11,13-15,19H,4-6,12,16-17H2,1-3H3,(H,24,25,26). The van der Waals surface area contributed by atoms with Crippen molar-refractivity contribution in [2.45, 2.75) is 52.9 Å². The molecule has 0 saturated heterocycles. The molecule has 0 heterocycles. The van der Waals surface area contributed by atoms with Crippen LogP contribution < -0.4 is 4.31 Å². The fraction of sp³-hybridized carbons (Fsp3) is 0.455. The molecule has 148 valence electrons. The molecule has 4 nitrogen and oxygen atoms in total. The maximum atomic E-state index is 12.3. The van der Waals surface area contributed by atoms with E-state index in [-0.39, 0.29) is 5.92 Å². The van der Waals surface area contributed by atoms with Crippen molar-refractivity contribution in [3.63, 3.8) is 0 Å². The van der Waals surface area contributed by atoms with Crippen LogP contribution in [0.1, 0.15) is 56.2 Å². The molecule has 1 unspecified atom stereocenters. The second-order valence-electron chi connectivity index (χ2n) is 7.16. The third kappa shape index (κ3) is 6.08. The summed E-state index contributed by atoms with van der Waals surface area (Å²) in [5.41, 5.74) is 3.65. The van der Waals surface area contributed by atoms with Crippen LogP contribution in [-0.4, -0.2) is 19.5 Å². The van der Waals surface area contributed by atoms with Gasteiger partial charge in [-0.1, -0.05) is 75.6 Å². The maximum absolute atomic E-state index is 12.3. The molecule has 1 atom stereocenters. The number of nitrogens with zero attached hydrogens (tertiary/aromatic N) is 1. The van der Waals surface area contributed by atoms with Crippen molar-refractivity contribution < 1.29 is 13.0 Å². The molecule has 0 aliphatic rings. The Bertz CT molecular complexity index is 819. The molecule has 0 saturated carbocycles. The van der Waals surface area contributed by atoms with Gasteiger partial charge < -0.3 is 0 Å². The molecule has 0 radical (unpaired) electrons. The van der Waals surface area contributed by atoms with Crippen LogP contribution in [0.5, 0.6) is 0 Å². The van der Waals surface area contributed by atoms with E-state index < -0.39 is 10.3 Å². The van der Waals surface area contributed by atoms with Crippen LogP contribution in [0.25, 0.3) is 0 Å². The van der Waals surface area contributed by atoms with Crippen LogP contribution in [0.4, 0.5) is 5.69 Å². The summed E-state index contributed by atoms with van der Waals surface area (Å²) >= 11 is 0. The molecule has 0 bridgehead atoms. The van der Waals surface area contributed by atoms with Crippen LogP contribution in [-0.2, 0) is 16.7 Å². The van der Waals surface area contributed by atoms with Crippen LogP contribution in [0.3, 0.4) is 0 Å². The zero-order chi connectivity index (χ0) is 19.9. The number of hydrogen-bond donors (Lipinski definition) is 1. The number of aryl methyl sites for hydroxylation is 1. The third-order valence-corrected chi connectivity index (χ3v) is 6.03. The summed E-state index contributed by atoms with van der Waals surface area (Å²) in [5.74, 6) is 0.219. The Balaban J connectivity index is 2.42. The molecular weight excluding hydrogens is 358 g/mol. The first kappa shape index (κ1) is 21.5. The molecular formula is C22H31NO3S. The van der Waals surface area contributed by atoms with Gasteiger partial charge in [0.2, 0.25) is 0 Å². The molecule has 2 aromatic carbocycles. The average molecular weight is 390 g/mol. The smallest absolute Gasteiger partial charge is 0.269 e. The van der Waals surface area contributed by atoms with E-state index in [2.05, 4.69) is 13.8 Å². The highest BCUT2D eigenvalue weighted by atomic mass is 32.2. The Morgan fingerprint density at radius 2 is 1.74 bits per heavy atom. The molecule has 27 heavy (non-hydrogen) atoms. The second kappa shape index (κ2) is 9.90. The summed E-state index contributed by atoms with van der Waals surface area (Å²) in [4.78, 5) is 0. The Kier molecular flexibility index (Phi) is 7.87. The van der Waals surface area contributed by atoms with Crippen molar-refractivity contribution in [2.24, 2.45) is 5.92 Å². The van der Waals surface area contributed by atoms with Crippen molar-refractivity contribution in [3.8, 4) is 0 Å². The van der Waals surface area contributed by atoms with Gasteiger partial charge in [-0.2, -0.15) is 8.42 Å². The Hall–Kier alpha value is -1.85. The monoisotopic (exact) mass is 389 g/mol. The molecule has 0 aliphatic heterocycles. The fourth-order valence-corrected chi connectivity index (χ4v) is 4.24. The minimum atomic E-state index is -4.35. The van der Waals surface area contributed by atoms with E-state index in [9.17, 15) is 13.0 Å². The Labute approximate surface area is 164 Å². The molecule has 2 aromatic rings. The van der Waals surface area contributed by atoms with Gasteiger partial charge >= 0.3 is 10.3 Å². The van der Waals surface area contributed by atoms with Gasteiger partial charge in [-0.05, 0) is 48.4 Å². The molecule has 1 N–H and O–H groups in total. The molecule has 0 amide bonds. The van der Waals surface area contributed by atoms with Crippen molar-refractivity contribution >= 4 is 16.0 Å². The van der Waals surface area contributed by atoms with Crippen LogP contribution in [0.2, 0.25) is 0 Å². The average Bonchev–Trinajstić information content (AvgIpc) is 2.64. The summed E-state index contributed by atoms with van der Waals surface area (Å²) in [5, 5.41) is 0. The van der Waals surface area contributed by atoms with E-state index in [1.54, 1.807) is 6.07 Å². The minimum Gasteiger partial charge on any atom is -0.269 e. The van der Waals surface area contributed by atoms with Crippen molar-refractivity contribution in [3.05, 3.63) is 65.2 Å². The van der Waals surface area contributed by atoms with E-state index in [1.807, 2.05) is 49.4 Å². The quantitative estimate of drug-likeness (QED) is 0.553. The fourth-order valence-electron chi connectivity index (χ4n) is 3.42. The van der Waals surface area contributed by atoms with Gasteiger partial charge in [-0.15, -0.1) is 0 Å². The lowest BCUT2D eigenvalue weighted by molar-refractivity contribution is 0.438. The van der Waals surface area contributed by atoms with Gasteiger partial charge in [0, 0.05) is 6.54 Å². The van der Waals surface area contributed by atoms with Crippen molar-refractivity contribution in [1.82, 2.24) is 0 Å². The predicted molar refractivity (Wildman–Crippen MR) is 113 cm³/mol. The number of unbranched alkanes of at least 4 members (excludes halogenated alkanes) is 1. The van der Waals surface area contributed by atoms with Gasteiger partial charge in [0.15, 0.2) is 0 Å². The molecule has 0 aliphatic carbocycles. The van der Waals surface area contributed by atoms with Crippen LogP contribution in [0.15, 0.2) is 48.5 Å². The van der Waals surface area contributed by atoms with E-state index in [0.29, 0.717) is 18.7 Å². The van der Waals surface area contributed by atoms with Crippen LogP contribution >= 0.6 is 0 Å². The van der Waals surface area contributed by atoms with Crippen LogP contribution in [0, 0.1) is 12.8 Å². The number of benzene rings is 2. The van der Waals surface area contributed by atoms with Gasteiger partial charge in [0.05, 0.1) is 5.69 Å². The highest BCUT2D eigenvalue weighted by Crippen LogP contribution is 2.30. The zero-order valence-electron chi connectivity index (χ0n) is 16.6. The summed E-state index contributed by atoms with van der Waals surface area (Å²) < 4.78 is 35.7.